The highest BCUT2D eigenvalue weighted by Crippen LogP contribution is 2.34. The average Bonchev–Trinajstić information content (AvgIpc) is 3.13. The molecular formula is C15H8Cl2N4O2S2. The van der Waals surface area contributed by atoms with E-state index < -0.39 is 4.92 Å². The van der Waals surface area contributed by atoms with Crippen LogP contribution in [0.2, 0.25) is 10.2 Å². The maximum absolute atomic E-state index is 10.9. The first-order valence-electron chi connectivity index (χ1n) is 7.01. The van der Waals surface area contributed by atoms with E-state index in [1.54, 1.807) is 28.8 Å². The largest absolute Gasteiger partial charge is 0.289 e. The first kappa shape index (κ1) is 16.6. The third-order valence-electron chi connectivity index (χ3n) is 3.48. The quantitative estimate of drug-likeness (QED) is 0.254. The van der Waals surface area contributed by atoms with Crippen LogP contribution in [0, 0.1) is 10.1 Å². The van der Waals surface area contributed by atoms with Crippen LogP contribution in [0.5, 0.6) is 0 Å². The molecule has 4 rings (SSSR count). The predicted octanol–water partition coefficient (Wildman–Crippen LogP) is 5.45. The number of benzene rings is 1. The van der Waals surface area contributed by atoms with Crippen molar-refractivity contribution in [3.63, 3.8) is 0 Å². The number of halogens is 2. The van der Waals surface area contributed by atoms with Crippen LogP contribution in [-0.4, -0.2) is 19.3 Å². The number of imidazole rings is 1. The monoisotopic (exact) mass is 410 g/mol. The molecule has 126 valence electrons. The van der Waals surface area contributed by atoms with Gasteiger partial charge in [0.2, 0.25) is 0 Å². The van der Waals surface area contributed by atoms with E-state index in [9.17, 15) is 10.1 Å². The summed E-state index contributed by atoms with van der Waals surface area (Å²) in [6, 6.07) is 8.25. The van der Waals surface area contributed by atoms with E-state index >= 15 is 0 Å². The van der Waals surface area contributed by atoms with Gasteiger partial charge in [0.25, 0.3) is 5.69 Å². The molecule has 4 aromatic rings. The van der Waals surface area contributed by atoms with Crippen molar-refractivity contribution in [3.8, 4) is 0 Å². The zero-order chi connectivity index (χ0) is 17.6. The molecule has 3 aromatic heterocycles. The Bertz CT molecular complexity index is 1130. The van der Waals surface area contributed by atoms with Gasteiger partial charge < -0.3 is 0 Å². The molecular weight excluding hydrogens is 403 g/mol. The number of nitrogens with zero attached hydrogens (tertiary/aromatic N) is 4. The second-order valence-corrected chi connectivity index (χ2v) is 8.15. The molecule has 0 aliphatic heterocycles. The smallest absolute Gasteiger partial charge is 0.271 e. The van der Waals surface area contributed by atoms with E-state index in [0.717, 1.165) is 20.4 Å². The Morgan fingerprint density at radius 1 is 1.24 bits per heavy atom. The van der Waals surface area contributed by atoms with Gasteiger partial charge >= 0.3 is 0 Å². The van der Waals surface area contributed by atoms with Crippen molar-refractivity contribution in [2.45, 2.75) is 10.1 Å². The van der Waals surface area contributed by atoms with E-state index in [0.29, 0.717) is 21.4 Å². The van der Waals surface area contributed by atoms with Gasteiger partial charge in [-0.2, -0.15) is 0 Å². The SMILES string of the molecule is O=[N+]([O-])c1ccc2sc(SCc3nc4ccc(Cl)cn4c3Cl)nc2c1. The minimum Gasteiger partial charge on any atom is -0.289 e. The number of thioether (sulfide) groups is 1. The molecule has 1 aromatic carbocycles. The molecule has 3 heterocycles. The van der Waals surface area contributed by atoms with E-state index in [1.165, 1.54) is 35.2 Å². The summed E-state index contributed by atoms with van der Waals surface area (Å²) in [5.41, 5.74) is 2.12. The molecule has 0 bridgehead atoms. The normalized spacial score (nSPS) is 11.4. The van der Waals surface area contributed by atoms with Gasteiger partial charge in [0.15, 0.2) is 4.34 Å². The summed E-state index contributed by atoms with van der Waals surface area (Å²) in [5, 5.41) is 11.9. The van der Waals surface area contributed by atoms with Crippen molar-refractivity contribution in [2.24, 2.45) is 0 Å². The van der Waals surface area contributed by atoms with Gasteiger partial charge in [0.05, 0.1) is 25.9 Å². The topological polar surface area (TPSA) is 73.3 Å². The van der Waals surface area contributed by atoms with E-state index in [4.69, 9.17) is 23.2 Å². The van der Waals surface area contributed by atoms with E-state index in [2.05, 4.69) is 9.97 Å². The highest BCUT2D eigenvalue weighted by atomic mass is 35.5. The summed E-state index contributed by atoms with van der Waals surface area (Å²) >= 11 is 15.3. The van der Waals surface area contributed by atoms with Gasteiger partial charge in [0.1, 0.15) is 10.8 Å². The van der Waals surface area contributed by atoms with E-state index in [1.807, 2.05) is 0 Å². The third-order valence-corrected chi connectivity index (χ3v) is 6.30. The number of thiazole rings is 1. The van der Waals surface area contributed by atoms with Gasteiger partial charge in [-0.1, -0.05) is 35.0 Å². The lowest BCUT2D eigenvalue weighted by molar-refractivity contribution is -0.384. The molecule has 0 saturated heterocycles. The van der Waals surface area contributed by atoms with Gasteiger partial charge in [0, 0.05) is 24.1 Å². The number of non-ortho nitro benzene ring substituents is 1. The summed E-state index contributed by atoms with van der Waals surface area (Å²) in [6.07, 6.45) is 1.72. The molecule has 0 aliphatic carbocycles. The van der Waals surface area contributed by atoms with Gasteiger partial charge in [-0.05, 0) is 18.2 Å². The fourth-order valence-electron chi connectivity index (χ4n) is 2.33. The second-order valence-electron chi connectivity index (χ2n) is 5.10. The van der Waals surface area contributed by atoms with Crippen molar-refractivity contribution < 1.29 is 4.92 Å². The Labute approximate surface area is 159 Å². The summed E-state index contributed by atoms with van der Waals surface area (Å²) < 4.78 is 3.45. The number of nitro groups is 1. The Morgan fingerprint density at radius 3 is 2.88 bits per heavy atom. The third kappa shape index (κ3) is 3.18. The Hall–Kier alpha value is -1.87. The summed E-state index contributed by atoms with van der Waals surface area (Å²) in [5.74, 6) is 0.542. The molecule has 0 radical (unpaired) electrons. The Morgan fingerprint density at radius 2 is 2.08 bits per heavy atom. The highest BCUT2D eigenvalue weighted by molar-refractivity contribution is 8.00. The number of fused-ring (bicyclic) bond motifs is 2. The molecule has 0 aliphatic rings. The zero-order valence-electron chi connectivity index (χ0n) is 12.3. The van der Waals surface area contributed by atoms with Crippen molar-refractivity contribution in [2.75, 3.05) is 0 Å². The van der Waals surface area contributed by atoms with Gasteiger partial charge in [-0.3, -0.25) is 14.5 Å². The number of aromatic nitrogens is 3. The second kappa shape index (κ2) is 6.45. The fraction of sp³-hybridized carbons (Fsp3) is 0.0667. The predicted molar refractivity (Wildman–Crippen MR) is 101 cm³/mol. The number of nitro benzene ring substituents is 1. The number of rotatable bonds is 4. The Kier molecular flexibility index (Phi) is 4.28. The van der Waals surface area contributed by atoms with E-state index in [-0.39, 0.29) is 5.69 Å². The maximum atomic E-state index is 10.9. The van der Waals surface area contributed by atoms with Crippen molar-refractivity contribution in [1.29, 1.82) is 0 Å². The lowest BCUT2D eigenvalue weighted by Gasteiger charge is -1.96. The van der Waals surface area contributed by atoms with Crippen LogP contribution in [0.15, 0.2) is 40.9 Å². The minimum absolute atomic E-state index is 0.0367. The summed E-state index contributed by atoms with van der Waals surface area (Å²) in [4.78, 5) is 19.4. The molecule has 0 fully saturated rings. The van der Waals surface area contributed by atoms with Crippen molar-refractivity contribution in [1.82, 2.24) is 14.4 Å². The molecule has 6 nitrogen and oxygen atoms in total. The van der Waals surface area contributed by atoms with Crippen molar-refractivity contribution in [3.05, 3.63) is 62.5 Å². The Balaban J connectivity index is 1.60. The zero-order valence-corrected chi connectivity index (χ0v) is 15.5. The summed E-state index contributed by atoms with van der Waals surface area (Å²) in [6.45, 7) is 0. The van der Waals surface area contributed by atoms with Crippen LogP contribution >= 0.6 is 46.3 Å². The highest BCUT2D eigenvalue weighted by Gasteiger charge is 2.14. The molecule has 0 unspecified atom stereocenters. The molecule has 0 saturated carbocycles. The van der Waals surface area contributed by atoms with Crippen molar-refractivity contribution >= 4 is 67.9 Å². The molecule has 25 heavy (non-hydrogen) atoms. The standard InChI is InChI=1S/C15H8Cl2N4O2S2/c16-8-1-4-13-18-11(14(17)20(13)6-8)7-24-15-19-10-5-9(21(22)23)2-3-12(10)25-15/h1-6H,7H2. The van der Waals surface area contributed by atoms with Crippen LogP contribution in [0.3, 0.4) is 0 Å². The molecule has 0 atom stereocenters. The lowest BCUT2D eigenvalue weighted by atomic mass is 10.3. The van der Waals surface area contributed by atoms with Gasteiger partial charge in [-0.15, -0.1) is 11.3 Å². The number of hydrogen-bond acceptors (Lipinski definition) is 6. The van der Waals surface area contributed by atoms with Crippen LogP contribution < -0.4 is 0 Å². The number of pyridine rings is 1. The molecule has 0 spiro atoms. The minimum atomic E-state index is -0.423. The average molecular weight is 411 g/mol. The first-order chi connectivity index (χ1) is 12.0. The maximum Gasteiger partial charge on any atom is 0.271 e. The lowest BCUT2D eigenvalue weighted by Crippen LogP contribution is -1.86. The van der Waals surface area contributed by atoms with Crippen LogP contribution in [0.25, 0.3) is 15.9 Å². The fourth-order valence-corrected chi connectivity index (χ4v) is 4.80. The molecule has 10 heteroatoms. The number of hydrogen-bond donors (Lipinski definition) is 0. The van der Waals surface area contributed by atoms with Crippen LogP contribution in [0.4, 0.5) is 5.69 Å². The van der Waals surface area contributed by atoms with Crippen LogP contribution in [-0.2, 0) is 5.75 Å². The van der Waals surface area contributed by atoms with Crippen LogP contribution in [0.1, 0.15) is 5.69 Å². The first-order valence-corrected chi connectivity index (χ1v) is 9.57. The molecule has 0 amide bonds. The summed E-state index contributed by atoms with van der Waals surface area (Å²) in [7, 11) is 0. The van der Waals surface area contributed by atoms with Gasteiger partial charge in [-0.25, -0.2) is 9.97 Å². The molecule has 0 N–H and O–H groups in total.